The summed E-state index contributed by atoms with van der Waals surface area (Å²) < 4.78 is 94.0. The summed E-state index contributed by atoms with van der Waals surface area (Å²) in [6, 6.07) is 9.97. The molecule has 2 N–H and O–H groups in total. The SMILES string of the molecule is O=P(c1ccc(O)cc1)(c1ccc(O)cc1)c1cc(C(F)(F)F)cc(C(F)(F)F)c1. The van der Waals surface area contributed by atoms with Crippen LogP contribution in [-0.2, 0) is 16.9 Å². The number of phenolic OH excluding ortho intramolecular Hbond substituents is 2. The fraction of sp³-hybridized carbons (Fsp3) is 0.100. The highest BCUT2D eigenvalue weighted by atomic mass is 31.2. The Labute approximate surface area is 166 Å². The van der Waals surface area contributed by atoms with Crippen molar-refractivity contribution in [2.45, 2.75) is 12.4 Å². The molecule has 0 saturated heterocycles. The van der Waals surface area contributed by atoms with Crippen molar-refractivity contribution in [3.63, 3.8) is 0 Å². The van der Waals surface area contributed by atoms with Gasteiger partial charge in [-0.2, -0.15) is 26.3 Å². The van der Waals surface area contributed by atoms with E-state index >= 15 is 0 Å². The highest BCUT2D eigenvalue weighted by Gasteiger charge is 2.40. The van der Waals surface area contributed by atoms with E-state index in [9.17, 15) is 41.1 Å². The summed E-state index contributed by atoms with van der Waals surface area (Å²) in [6.45, 7) is 0. The molecule has 3 rings (SSSR count). The topological polar surface area (TPSA) is 57.5 Å². The molecule has 158 valence electrons. The zero-order chi connectivity index (χ0) is 22.3. The fourth-order valence-corrected chi connectivity index (χ4v) is 5.57. The minimum Gasteiger partial charge on any atom is -0.508 e. The van der Waals surface area contributed by atoms with Crippen LogP contribution in [0.15, 0.2) is 66.7 Å². The van der Waals surface area contributed by atoms with Crippen LogP contribution in [-0.4, -0.2) is 10.2 Å². The Morgan fingerprint density at radius 2 is 0.900 bits per heavy atom. The zero-order valence-corrected chi connectivity index (χ0v) is 15.8. The van der Waals surface area contributed by atoms with Gasteiger partial charge in [-0.05, 0) is 66.7 Å². The molecule has 0 atom stereocenters. The molecule has 0 aliphatic carbocycles. The number of phenols is 2. The van der Waals surface area contributed by atoms with Crippen molar-refractivity contribution in [1.29, 1.82) is 0 Å². The van der Waals surface area contributed by atoms with Gasteiger partial charge in [0.15, 0.2) is 7.14 Å². The van der Waals surface area contributed by atoms with Crippen molar-refractivity contribution in [3.05, 3.63) is 77.9 Å². The average Bonchev–Trinajstić information content (AvgIpc) is 2.67. The van der Waals surface area contributed by atoms with E-state index in [-0.39, 0.29) is 28.2 Å². The van der Waals surface area contributed by atoms with Crippen LogP contribution < -0.4 is 15.9 Å². The summed E-state index contributed by atoms with van der Waals surface area (Å²) in [7, 11) is -4.23. The second-order valence-corrected chi connectivity index (χ2v) is 9.17. The molecule has 0 saturated carbocycles. The Morgan fingerprint density at radius 1 is 0.567 bits per heavy atom. The van der Waals surface area contributed by atoms with Crippen molar-refractivity contribution < 1.29 is 41.1 Å². The number of alkyl halides is 6. The van der Waals surface area contributed by atoms with Gasteiger partial charge in [-0.15, -0.1) is 0 Å². The lowest BCUT2D eigenvalue weighted by Crippen LogP contribution is -2.27. The minimum absolute atomic E-state index is 0.0402. The van der Waals surface area contributed by atoms with Gasteiger partial charge in [0.1, 0.15) is 11.5 Å². The summed E-state index contributed by atoms with van der Waals surface area (Å²) in [5, 5.41) is 18.1. The van der Waals surface area contributed by atoms with E-state index in [4.69, 9.17) is 0 Å². The molecule has 3 nitrogen and oxygen atoms in total. The lowest BCUT2D eigenvalue weighted by atomic mass is 10.1. The van der Waals surface area contributed by atoms with Gasteiger partial charge in [0.2, 0.25) is 0 Å². The summed E-state index contributed by atoms with van der Waals surface area (Å²) >= 11 is 0. The summed E-state index contributed by atoms with van der Waals surface area (Å²) in [4.78, 5) is 0. The number of aromatic hydroxyl groups is 2. The Kier molecular flexibility index (Phi) is 5.37. The molecular formula is C20H13F6O3P. The number of benzene rings is 3. The predicted octanol–water partition coefficient (Wildman–Crippen LogP) is 4.77. The smallest absolute Gasteiger partial charge is 0.416 e. The second kappa shape index (κ2) is 7.40. The van der Waals surface area contributed by atoms with Crippen LogP contribution in [0.4, 0.5) is 26.3 Å². The van der Waals surface area contributed by atoms with E-state index in [1.807, 2.05) is 0 Å². The van der Waals surface area contributed by atoms with Gasteiger partial charge in [0, 0.05) is 15.9 Å². The first-order valence-electron chi connectivity index (χ1n) is 8.31. The largest absolute Gasteiger partial charge is 0.508 e. The Bertz CT molecular complexity index is 1020. The first-order chi connectivity index (χ1) is 13.8. The number of rotatable bonds is 3. The third-order valence-corrected chi connectivity index (χ3v) is 7.40. The molecule has 0 bridgehead atoms. The molecule has 3 aromatic rings. The molecule has 30 heavy (non-hydrogen) atoms. The molecule has 0 radical (unpaired) electrons. The first kappa shape index (κ1) is 21.8. The molecule has 0 heterocycles. The van der Waals surface area contributed by atoms with Gasteiger partial charge < -0.3 is 14.8 Å². The first-order valence-corrected chi connectivity index (χ1v) is 10.0. The molecule has 0 amide bonds. The standard InChI is InChI=1S/C20H13F6O3P/c21-19(22,23)12-9-13(20(24,25)26)11-18(10-12)30(29,16-5-1-14(27)2-6-16)17-7-3-15(28)4-8-17/h1-11,27-28H. The molecule has 0 spiro atoms. The highest BCUT2D eigenvalue weighted by Crippen LogP contribution is 2.45. The number of hydrogen-bond donors (Lipinski definition) is 2. The van der Waals surface area contributed by atoms with Crippen molar-refractivity contribution >= 4 is 23.1 Å². The van der Waals surface area contributed by atoms with Crippen LogP contribution >= 0.6 is 7.14 Å². The van der Waals surface area contributed by atoms with Crippen LogP contribution in [0.2, 0.25) is 0 Å². The summed E-state index contributed by atoms with van der Waals surface area (Å²) in [5.41, 5.74) is -3.18. The third-order valence-electron chi connectivity index (χ3n) is 4.36. The van der Waals surface area contributed by atoms with E-state index in [1.165, 1.54) is 0 Å². The van der Waals surface area contributed by atoms with Gasteiger partial charge >= 0.3 is 12.4 Å². The van der Waals surface area contributed by atoms with E-state index in [0.29, 0.717) is 12.1 Å². The maximum atomic E-state index is 14.1. The van der Waals surface area contributed by atoms with Gasteiger partial charge in [-0.25, -0.2) is 0 Å². The monoisotopic (exact) mass is 446 g/mol. The van der Waals surface area contributed by atoms with Crippen LogP contribution in [0.3, 0.4) is 0 Å². The lowest BCUT2D eigenvalue weighted by Gasteiger charge is -2.23. The normalized spacial score (nSPS) is 12.7. The number of hydrogen-bond acceptors (Lipinski definition) is 3. The molecule has 10 heteroatoms. The molecule has 3 aromatic carbocycles. The van der Waals surface area contributed by atoms with Crippen LogP contribution in [0, 0.1) is 0 Å². The van der Waals surface area contributed by atoms with Crippen molar-refractivity contribution in [2.75, 3.05) is 0 Å². The molecular weight excluding hydrogens is 433 g/mol. The molecule has 0 unspecified atom stereocenters. The van der Waals surface area contributed by atoms with Gasteiger partial charge in [0.25, 0.3) is 0 Å². The molecule has 0 aliphatic rings. The Hall–Kier alpha value is -2.93. The van der Waals surface area contributed by atoms with Gasteiger partial charge in [0.05, 0.1) is 11.1 Å². The van der Waals surface area contributed by atoms with Crippen molar-refractivity contribution in [1.82, 2.24) is 0 Å². The maximum absolute atomic E-state index is 14.1. The summed E-state index contributed by atoms with van der Waals surface area (Å²) in [6.07, 6.45) is -10.2. The van der Waals surface area contributed by atoms with Gasteiger partial charge in [-0.1, -0.05) is 0 Å². The van der Waals surface area contributed by atoms with E-state index < -0.39 is 35.9 Å². The zero-order valence-electron chi connectivity index (χ0n) is 14.9. The van der Waals surface area contributed by atoms with Crippen molar-refractivity contribution in [2.24, 2.45) is 0 Å². The predicted molar refractivity (Wildman–Crippen MR) is 99.2 cm³/mol. The van der Waals surface area contributed by atoms with Crippen LogP contribution in [0.1, 0.15) is 11.1 Å². The molecule has 0 aromatic heterocycles. The van der Waals surface area contributed by atoms with Crippen LogP contribution in [0.25, 0.3) is 0 Å². The fourth-order valence-electron chi connectivity index (χ4n) is 2.89. The van der Waals surface area contributed by atoms with E-state index in [1.54, 1.807) is 0 Å². The lowest BCUT2D eigenvalue weighted by molar-refractivity contribution is -0.142. The van der Waals surface area contributed by atoms with Crippen LogP contribution in [0.5, 0.6) is 11.5 Å². The highest BCUT2D eigenvalue weighted by molar-refractivity contribution is 7.85. The van der Waals surface area contributed by atoms with Gasteiger partial charge in [-0.3, -0.25) is 0 Å². The number of halogens is 6. The second-order valence-electron chi connectivity index (χ2n) is 6.41. The van der Waals surface area contributed by atoms with E-state index in [2.05, 4.69) is 0 Å². The maximum Gasteiger partial charge on any atom is 0.416 e. The summed E-state index contributed by atoms with van der Waals surface area (Å²) in [5.74, 6) is -0.452. The minimum atomic E-state index is -5.11. The van der Waals surface area contributed by atoms with E-state index in [0.717, 1.165) is 48.5 Å². The molecule has 0 aliphatic heterocycles. The quantitative estimate of drug-likeness (QED) is 0.450. The Morgan fingerprint density at radius 3 is 1.20 bits per heavy atom. The third kappa shape index (κ3) is 4.16. The van der Waals surface area contributed by atoms with Crippen molar-refractivity contribution in [3.8, 4) is 11.5 Å². The average molecular weight is 446 g/mol. The molecule has 0 fully saturated rings. The Balaban J connectivity index is 2.38.